The normalized spacial score (nSPS) is 11.2. The van der Waals surface area contributed by atoms with Crippen molar-refractivity contribution in [2.24, 2.45) is 0 Å². The molecular weight excluding hydrogens is 208 g/mol. The second kappa shape index (κ2) is 4.06. The number of anilines is 1. The smallest absolute Gasteiger partial charge is 0.307 e. The third-order valence-corrected chi connectivity index (χ3v) is 2.03. The summed E-state index contributed by atoms with van der Waals surface area (Å²) in [4.78, 5) is 14.3. The summed E-state index contributed by atoms with van der Waals surface area (Å²) in [6, 6.07) is 5.47. The van der Waals surface area contributed by atoms with E-state index < -0.39 is 5.97 Å². The van der Waals surface area contributed by atoms with Gasteiger partial charge in [0.25, 0.3) is 6.01 Å². The lowest BCUT2D eigenvalue weighted by Crippen LogP contribution is -1.89. The van der Waals surface area contributed by atoms with Crippen LogP contribution in [0.25, 0.3) is 17.2 Å². The number of nitrogen functional groups attached to an aromatic ring is 1. The SMILES string of the molecule is Nc1nc2cc(C=CCC(=O)O)ccc2o1. The molecule has 82 valence electrons. The summed E-state index contributed by atoms with van der Waals surface area (Å²) in [7, 11) is 0. The number of carboxylic acid groups (broad SMARTS) is 1. The molecule has 5 heteroatoms. The summed E-state index contributed by atoms with van der Waals surface area (Å²) in [5, 5.41) is 8.47. The molecule has 16 heavy (non-hydrogen) atoms. The average molecular weight is 218 g/mol. The van der Waals surface area contributed by atoms with E-state index in [9.17, 15) is 4.79 Å². The van der Waals surface area contributed by atoms with Crippen LogP contribution in [0.2, 0.25) is 0 Å². The minimum atomic E-state index is -0.858. The monoisotopic (exact) mass is 218 g/mol. The number of carboxylic acids is 1. The third-order valence-electron chi connectivity index (χ3n) is 2.03. The van der Waals surface area contributed by atoms with Crippen molar-refractivity contribution in [1.29, 1.82) is 0 Å². The van der Waals surface area contributed by atoms with Gasteiger partial charge in [0.2, 0.25) is 0 Å². The first-order chi connectivity index (χ1) is 7.65. The highest BCUT2D eigenvalue weighted by Gasteiger charge is 2.01. The molecule has 3 N–H and O–H groups in total. The summed E-state index contributed by atoms with van der Waals surface area (Å²) in [5.74, 6) is -0.858. The van der Waals surface area contributed by atoms with Crippen molar-refractivity contribution in [2.45, 2.75) is 6.42 Å². The number of hydrogen-bond donors (Lipinski definition) is 2. The molecule has 1 aromatic carbocycles. The molecule has 0 aliphatic carbocycles. The molecule has 5 nitrogen and oxygen atoms in total. The summed E-state index contributed by atoms with van der Waals surface area (Å²) in [6.45, 7) is 0. The first kappa shape index (κ1) is 10.2. The summed E-state index contributed by atoms with van der Waals surface area (Å²) in [6.07, 6.45) is 3.30. The molecule has 0 aliphatic heterocycles. The molecule has 0 saturated carbocycles. The highest BCUT2D eigenvalue weighted by Crippen LogP contribution is 2.18. The van der Waals surface area contributed by atoms with Crippen LogP contribution in [0.5, 0.6) is 0 Å². The maximum Gasteiger partial charge on any atom is 0.307 e. The van der Waals surface area contributed by atoms with E-state index in [1.165, 1.54) is 0 Å². The third kappa shape index (κ3) is 2.20. The fraction of sp³-hybridized carbons (Fsp3) is 0.0909. The second-order valence-electron chi connectivity index (χ2n) is 3.28. The van der Waals surface area contributed by atoms with Gasteiger partial charge in [0.1, 0.15) is 5.52 Å². The number of nitrogens with two attached hydrogens (primary N) is 1. The molecule has 2 rings (SSSR count). The number of fused-ring (bicyclic) bond motifs is 1. The van der Waals surface area contributed by atoms with Crippen LogP contribution in [0.15, 0.2) is 28.7 Å². The lowest BCUT2D eigenvalue weighted by atomic mass is 10.2. The Kier molecular flexibility index (Phi) is 2.59. The van der Waals surface area contributed by atoms with Crippen molar-refractivity contribution < 1.29 is 14.3 Å². The first-order valence-electron chi connectivity index (χ1n) is 4.69. The van der Waals surface area contributed by atoms with Crippen LogP contribution < -0.4 is 5.73 Å². The molecule has 0 radical (unpaired) electrons. The van der Waals surface area contributed by atoms with Crippen LogP contribution in [-0.4, -0.2) is 16.1 Å². The van der Waals surface area contributed by atoms with Gasteiger partial charge in [-0.05, 0) is 17.7 Å². The molecule has 0 amide bonds. The molecule has 0 unspecified atom stereocenters. The largest absolute Gasteiger partial charge is 0.481 e. The summed E-state index contributed by atoms with van der Waals surface area (Å²) < 4.78 is 5.11. The van der Waals surface area contributed by atoms with Gasteiger partial charge in [-0.3, -0.25) is 4.79 Å². The number of hydrogen-bond acceptors (Lipinski definition) is 4. The minimum Gasteiger partial charge on any atom is -0.481 e. The van der Waals surface area contributed by atoms with Crippen LogP contribution in [0, 0.1) is 0 Å². The van der Waals surface area contributed by atoms with Gasteiger partial charge in [-0.15, -0.1) is 0 Å². The lowest BCUT2D eigenvalue weighted by molar-refractivity contribution is -0.135. The van der Waals surface area contributed by atoms with Crippen molar-refractivity contribution >= 4 is 29.2 Å². The number of oxazole rings is 1. The molecule has 0 fully saturated rings. The summed E-state index contributed by atoms with van der Waals surface area (Å²) >= 11 is 0. The van der Waals surface area contributed by atoms with Crippen molar-refractivity contribution in [3.63, 3.8) is 0 Å². The van der Waals surface area contributed by atoms with Gasteiger partial charge < -0.3 is 15.3 Å². The van der Waals surface area contributed by atoms with E-state index in [4.69, 9.17) is 15.3 Å². The Balaban J connectivity index is 2.25. The Morgan fingerprint density at radius 1 is 1.56 bits per heavy atom. The van der Waals surface area contributed by atoms with Crippen LogP contribution in [0.4, 0.5) is 6.01 Å². The fourth-order valence-electron chi connectivity index (χ4n) is 1.36. The molecular formula is C11H10N2O3. The number of aromatic nitrogens is 1. The Morgan fingerprint density at radius 2 is 2.38 bits per heavy atom. The molecule has 0 spiro atoms. The molecule has 0 atom stereocenters. The Morgan fingerprint density at radius 3 is 3.12 bits per heavy atom. The lowest BCUT2D eigenvalue weighted by Gasteiger charge is -1.91. The van der Waals surface area contributed by atoms with Gasteiger partial charge in [-0.25, -0.2) is 0 Å². The zero-order valence-corrected chi connectivity index (χ0v) is 8.38. The van der Waals surface area contributed by atoms with Crippen molar-refractivity contribution in [3.8, 4) is 0 Å². The van der Waals surface area contributed by atoms with E-state index >= 15 is 0 Å². The van der Waals surface area contributed by atoms with Gasteiger partial charge in [0.15, 0.2) is 5.58 Å². The Labute approximate surface area is 91.2 Å². The zero-order valence-electron chi connectivity index (χ0n) is 8.38. The Bertz CT molecular complexity index is 557. The zero-order chi connectivity index (χ0) is 11.5. The highest BCUT2D eigenvalue weighted by atomic mass is 16.4. The predicted molar refractivity (Wildman–Crippen MR) is 59.7 cm³/mol. The van der Waals surface area contributed by atoms with Crippen LogP contribution in [0.1, 0.15) is 12.0 Å². The van der Waals surface area contributed by atoms with Crippen LogP contribution >= 0.6 is 0 Å². The van der Waals surface area contributed by atoms with Crippen LogP contribution in [-0.2, 0) is 4.79 Å². The van der Waals surface area contributed by atoms with Crippen LogP contribution in [0.3, 0.4) is 0 Å². The van der Waals surface area contributed by atoms with E-state index in [2.05, 4.69) is 4.98 Å². The topological polar surface area (TPSA) is 89.3 Å². The van der Waals surface area contributed by atoms with E-state index in [0.29, 0.717) is 11.1 Å². The number of benzene rings is 1. The van der Waals surface area contributed by atoms with Crippen molar-refractivity contribution in [1.82, 2.24) is 4.98 Å². The fourth-order valence-corrected chi connectivity index (χ4v) is 1.36. The molecule has 0 aliphatic rings. The van der Waals surface area contributed by atoms with Crippen molar-refractivity contribution in [3.05, 3.63) is 29.8 Å². The van der Waals surface area contributed by atoms with E-state index in [1.54, 1.807) is 24.3 Å². The maximum atomic E-state index is 10.3. The maximum absolute atomic E-state index is 10.3. The van der Waals surface area contributed by atoms with Crippen molar-refractivity contribution in [2.75, 3.05) is 5.73 Å². The molecule has 1 aromatic heterocycles. The van der Waals surface area contributed by atoms with Gasteiger partial charge in [-0.1, -0.05) is 18.2 Å². The van der Waals surface area contributed by atoms with Gasteiger partial charge >= 0.3 is 5.97 Å². The number of carbonyl (C=O) groups is 1. The molecule has 0 saturated heterocycles. The molecule has 2 aromatic rings. The number of nitrogens with zero attached hydrogens (tertiary/aromatic N) is 1. The Hall–Kier alpha value is -2.30. The molecule has 1 heterocycles. The summed E-state index contributed by atoms with van der Waals surface area (Å²) in [5.41, 5.74) is 7.55. The first-order valence-corrected chi connectivity index (χ1v) is 4.69. The van der Waals surface area contributed by atoms with Gasteiger partial charge in [-0.2, -0.15) is 4.98 Å². The number of aliphatic carboxylic acids is 1. The van der Waals surface area contributed by atoms with E-state index in [1.807, 2.05) is 6.07 Å². The van der Waals surface area contributed by atoms with Gasteiger partial charge in [0, 0.05) is 0 Å². The predicted octanol–water partition coefficient (Wildman–Crippen LogP) is 1.90. The van der Waals surface area contributed by atoms with Gasteiger partial charge in [0.05, 0.1) is 6.42 Å². The van der Waals surface area contributed by atoms with E-state index in [0.717, 1.165) is 5.56 Å². The number of rotatable bonds is 3. The van der Waals surface area contributed by atoms with E-state index in [-0.39, 0.29) is 12.4 Å². The second-order valence-corrected chi connectivity index (χ2v) is 3.28. The minimum absolute atomic E-state index is 0.00100. The average Bonchev–Trinajstić information content (AvgIpc) is 2.56. The standard InChI is InChI=1S/C11H10N2O3/c12-11-13-8-6-7(2-1-3-10(14)15)4-5-9(8)16-11/h1-2,4-6H,3H2,(H2,12,13)(H,14,15). The quantitative estimate of drug-likeness (QED) is 0.821. The highest BCUT2D eigenvalue weighted by molar-refractivity contribution is 5.78. The molecule has 0 bridgehead atoms.